The first-order valence-corrected chi connectivity index (χ1v) is 6.92. The maximum atomic E-state index is 12.8. The Labute approximate surface area is 124 Å². The maximum Gasteiger partial charge on any atom is 0.123 e. The van der Waals surface area contributed by atoms with Gasteiger partial charge in [-0.3, -0.25) is 4.90 Å². The summed E-state index contributed by atoms with van der Waals surface area (Å²) in [7, 11) is 1.91. The van der Waals surface area contributed by atoms with Gasteiger partial charge in [-0.25, -0.2) is 4.39 Å². The maximum absolute atomic E-state index is 12.8. The summed E-state index contributed by atoms with van der Waals surface area (Å²) in [4.78, 5) is 1.98. The molecule has 0 bridgehead atoms. The molecule has 4 heteroatoms. The summed E-state index contributed by atoms with van der Waals surface area (Å²) in [6, 6.07) is 15.8. The van der Waals surface area contributed by atoms with Crippen molar-refractivity contribution >= 4 is 0 Å². The van der Waals surface area contributed by atoms with Crippen molar-refractivity contribution in [2.24, 2.45) is 0 Å². The third-order valence-corrected chi connectivity index (χ3v) is 3.07. The van der Waals surface area contributed by atoms with Crippen molar-refractivity contribution in [1.82, 2.24) is 4.90 Å². The highest BCUT2D eigenvalue weighted by atomic mass is 19.1. The minimum absolute atomic E-state index is 0.238. The van der Waals surface area contributed by atoms with E-state index in [-0.39, 0.29) is 12.4 Å². The van der Waals surface area contributed by atoms with Gasteiger partial charge in [-0.2, -0.15) is 0 Å². The molecule has 0 saturated heterocycles. The molecule has 21 heavy (non-hydrogen) atoms. The molecular weight excluding hydrogens is 269 g/mol. The third-order valence-electron chi connectivity index (χ3n) is 3.07. The van der Waals surface area contributed by atoms with Crippen LogP contribution in [-0.4, -0.2) is 36.3 Å². The van der Waals surface area contributed by atoms with Crippen LogP contribution in [0.15, 0.2) is 54.6 Å². The van der Waals surface area contributed by atoms with E-state index in [9.17, 15) is 9.50 Å². The van der Waals surface area contributed by atoms with E-state index in [2.05, 4.69) is 0 Å². The van der Waals surface area contributed by atoms with Crippen LogP contribution in [0.25, 0.3) is 0 Å². The predicted octanol–water partition coefficient (Wildman–Crippen LogP) is 2.70. The number of hydrogen-bond donors (Lipinski definition) is 1. The smallest absolute Gasteiger partial charge is 0.123 e. The van der Waals surface area contributed by atoms with Crippen LogP contribution in [0, 0.1) is 5.82 Å². The number of halogens is 1. The van der Waals surface area contributed by atoms with Crippen molar-refractivity contribution in [3.63, 3.8) is 0 Å². The number of nitrogens with zero attached hydrogens (tertiary/aromatic N) is 1. The molecule has 2 aromatic rings. The second kappa shape index (κ2) is 7.76. The molecule has 0 heterocycles. The second-order valence-corrected chi connectivity index (χ2v) is 5.10. The van der Waals surface area contributed by atoms with Crippen molar-refractivity contribution in [3.05, 3.63) is 66.0 Å². The molecule has 0 amide bonds. The molecule has 2 aromatic carbocycles. The van der Waals surface area contributed by atoms with Gasteiger partial charge in [-0.05, 0) is 36.9 Å². The lowest BCUT2D eigenvalue weighted by Crippen LogP contribution is -2.32. The zero-order chi connectivity index (χ0) is 15.1. The number of ether oxygens (including phenoxy) is 1. The van der Waals surface area contributed by atoms with Gasteiger partial charge >= 0.3 is 0 Å². The summed E-state index contributed by atoms with van der Waals surface area (Å²) >= 11 is 0. The average molecular weight is 289 g/mol. The fraction of sp³-hybridized carbons (Fsp3) is 0.294. The van der Waals surface area contributed by atoms with E-state index >= 15 is 0 Å². The molecule has 0 spiro atoms. The largest absolute Gasteiger partial charge is 0.491 e. The number of aliphatic hydroxyl groups is 1. The van der Waals surface area contributed by atoms with Gasteiger partial charge < -0.3 is 9.84 Å². The Kier molecular flexibility index (Phi) is 5.72. The van der Waals surface area contributed by atoms with Gasteiger partial charge in [-0.15, -0.1) is 0 Å². The van der Waals surface area contributed by atoms with E-state index < -0.39 is 6.10 Å². The van der Waals surface area contributed by atoms with Crippen LogP contribution in [0.2, 0.25) is 0 Å². The summed E-state index contributed by atoms with van der Waals surface area (Å²) in [6.07, 6.45) is -0.573. The van der Waals surface area contributed by atoms with Gasteiger partial charge in [0.05, 0.1) is 0 Å². The zero-order valence-electron chi connectivity index (χ0n) is 12.1. The zero-order valence-corrected chi connectivity index (χ0v) is 12.1. The van der Waals surface area contributed by atoms with E-state index in [1.807, 2.05) is 42.3 Å². The first-order chi connectivity index (χ1) is 10.1. The Morgan fingerprint density at radius 2 is 1.76 bits per heavy atom. The second-order valence-electron chi connectivity index (χ2n) is 5.10. The first-order valence-electron chi connectivity index (χ1n) is 6.92. The normalized spacial score (nSPS) is 12.4. The molecule has 0 fully saturated rings. The SMILES string of the molecule is CN(Cc1ccc(F)cc1)CC(O)COc1ccccc1. The van der Waals surface area contributed by atoms with E-state index in [1.54, 1.807) is 12.1 Å². The van der Waals surface area contributed by atoms with Gasteiger partial charge in [0.15, 0.2) is 0 Å². The summed E-state index contributed by atoms with van der Waals surface area (Å²) in [5.74, 6) is 0.510. The van der Waals surface area contributed by atoms with Crippen LogP contribution in [-0.2, 0) is 6.54 Å². The fourth-order valence-electron chi connectivity index (χ4n) is 2.09. The van der Waals surface area contributed by atoms with Gasteiger partial charge in [0.2, 0.25) is 0 Å². The van der Waals surface area contributed by atoms with E-state index in [1.165, 1.54) is 12.1 Å². The lowest BCUT2D eigenvalue weighted by atomic mass is 10.2. The molecule has 0 aliphatic carbocycles. The minimum Gasteiger partial charge on any atom is -0.491 e. The van der Waals surface area contributed by atoms with E-state index in [0.717, 1.165) is 11.3 Å². The first kappa shape index (κ1) is 15.5. The lowest BCUT2D eigenvalue weighted by molar-refractivity contribution is 0.0744. The van der Waals surface area contributed by atoms with Crippen LogP contribution in [0.5, 0.6) is 5.75 Å². The Balaban J connectivity index is 1.74. The van der Waals surface area contributed by atoms with Crippen molar-refractivity contribution in [2.45, 2.75) is 12.6 Å². The molecular formula is C17H20FNO2. The molecule has 1 unspecified atom stereocenters. The number of likely N-dealkylation sites (N-methyl/N-ethyl adjacent to an activating group) is 1. The molecule has 1 N–H and O–H groups in total. The fourth-order valence-corrected chi connectivity index (χ4v) is 2.09. The molecule has 1 atom stereocenters. The molecule has 0 radical (unpaired) electrons. The molecule has 0 aliphatic heterocycles. The molecule has 112 valence electrons. The van der Waals surface area contributed by atoms with Crippen molar-refractivity contribution in [3.8, 4) is 5.75 Å². The van der Waals surface area contributed by atoms with Crippen LogP contribution in [0.3, 0.4) is 0 Å². The monoisotopic (exact) mass is 289 g/mol. The van der Waals surface area contributed by atoms with E-state index in [4.69, 9.17) is 4.74 Å². The van der Waals surface area contributed by atoms with Crippen LogP contribution >= 0.6 is 0 Å². The molecule has 0 aliphatic rings. The van der Waals surface area contributed by atoms with Crippen LogP contribution < -0.4 is 4.74 Å². The average Bonchev–Trinajstić information content (AvgIpc) is 2.48. The highest BCUT2D eigenvalue weighted by molar-refractivity contribution is 5.21. The summed E-state index contributed by atoms with van der Waals surface area (Å²) in [6.45, 7) is 1.39. The molecule has 2 rings (SSSR count). The van der Waals surface area contributed by atoms with Gasteiger partial charge in [0.25, 0.3) is 0 Å². The summed E-state index contributed by atoms with van der Waals surface area (Å²) < 4.78 is 18.3. The predicted molar refractivity (Wildman–Crippen MR) is 80.7 cm³/mol. The van der Waals surface area contributed by atoms with Crippen molar-refractivity contribution in [2.75, 3.05) is 20.2 Å². The number of aliphatic hydroxyl groups excluding tert-OH is 1. The lowest BCUT2D eigenvalue weighted by Gasteiger charge is -2.20. The molecule has 0 saturated carbocycles. The Morgan fingerprint density at radius 3 is 2.43 bits per heavy atom. The summed E-state index contributed by atoms with van der Waals surface area (Å²) in [5, 5.41) is 9.98. The van der Waals surface area contributed by atoms with Crippen molar-refractivity contribution in [1.29, 1.82) is 0 Å². The quantitative estimate of drug-likeness (QED) is 0.850. The van der Waals surface area contributed by atoms with Crippen molar-refractivity contribution < 1.29 is 14.2 Å². The third kappa shape index (κ3) is 5.53. The molecule has 0 aromatic heterocycles. The number of rotatable bonds is 7. The Hall–Kier alpha value is -1.91. The van der Waals surface area contributed by atoms with Gasteiger partial charge in [0.1, 0.15) is 24.3 Å². The number of hydrogen-bond acceptors (Lipinski definition) is 3. The number of para-hydroxylation sites is 1. The highest BCUT2D eigenvalue weighted by Gasteiger charge is 2.09. The minimum atomic E-state index is -0.573. The van der Waals surface area contributed by atoms with E-state index in [0.29, 0.717) is 13.1 Å². The summed E-state index contributed by atoms with van der Waals surface area (Å²) in [5.41, 5.74) is 1.01. The highest BCUT2D eigenvalue weighted by Crippen LogP contribution is 2.09. The van der Waals surface area contributed by atoms with Gasteiger partial charge in [-0.1, -0.05) is 30.3 Å². The standard InChI is InChI=1S/C17H20FNO2/c1-19(11-14-7-9-15(18)10-8-14)12-16(20)13-21-17-5-3-2-4-6-17/h2-10,16,20H,11-13H2,1H3. The number of benzene rings is 2. The topological polar surface area (TPSA) is 32.7 Å². The molecule has 3 nitrogen and oxygen atoms in total. The van der Waals surface area contributed by atoms with Gasteiger partial charge in [0, 0.05) is 13.1 Å². The van der Waals surface area contributed by atoms with Crippen LogP contribution in [0.1, 0.15) is 5.56 Å². The Morgan fingerprint density at radius 1 is 1.10 bits per heavy atom. The Bertz CT molecular complexity index is 530. The van der Waals surface area contributed by atoms with Crippen LogP contribution in [0.4, 0.5) is 4.39 Å².